The molecule has 0 bridgehead atoms. The van der Waals surface area contributed by atoms with Crippen LogP contribution < -0.4 is 10.1 Å². The summed E-state index contributed by atoms with van der Waals surface area (Å²) in [6, 6.07) is 12.0. The maximum atomic E-state index is 12.7. The molecule has 0 radical (unpaired) electrons. The quantitative estimate of drug-likeness (QED) is 0.525. The highest BCUT2D eigenvalue weighted by molar-refractivity contribution is 7.18. The topological polar surface area (TPSA) is 54.5 Å². The number of hydrogen-bond donors (Lipinski definition) is 1. The molecule has 5 rings (SSSR count). The first kappa shape index (κ1) is 18.1. The smallest absolute Gasteiger partial charge is 0.321 e. The van der Waals surface area contributed by atoms with E-state index in [0.29, 0.717) is 17.2 Å². The molecule has 1 atom stereocenters. The minimum atomic E-state index is -0.375. The van der Waals surface area contributed by atoms with E-state index in [9.17, 15) is 4.79 Å². The number of rotatable bonds is 3. The van der Waals surface area contributed by atoms with Gasteiger partial charge in [-0.3, -0.25) is 9.69 Å². The molecule has 0 saturated carbocycles. The average molecular weight is 414 g/mol. The van der Waals surface area contributed by atoms with Gasteiger partial charge in [-0.15, -0.1) is 11.3 Å². The van der Waals surface area contributed by atoms with Crippen molar-refractivity contribution in [2.75, 3.05) is 26.2 Å². The maximum Gasteiger partial charge on any atom is 0.321 e. The first-order chi connectivity index (χ1) is 13.7. The van der Waals surface area contributed by atoms with Crippen molar-refractivity contribution < 1.29 is 9.53 Å². The molecule has 1 aromatic heterocycles. The summed E-state index contributed by atoms with van der Waals surface area (Å²) >= 11 is 7.76. The number of thiazole rings is 1. The zero-order valence-electron chi connectivity index (χ0n) is 15.3. The molecule has 3 aromatic rings. The van der Waals surface area contributed by atoms with E-state index in [1.165, 1.54) is 16.9 Å². The summed E-state index contributed by atoms with van der Waals surface area (Å²) in [5.41, 5.74) is 2.99. The number of piperazine rings is 1. The average Bonchev–Trinajstić information content (AvgIpc) is 3.14. The molecule has 28 heavy (non-hydrogen) atoms. The zero-order valence-corrected chi connectivity index (χ0v) is 16.9. The summed E-state index contributed by atoms with van der Waals surface area (Å²) in [6.45, 7) is 5.01. The number of esters is 1. The molecular weight excluding hydrogens is 394 g/mol. The Bertz CT molecular complexity index is 1050. The third-order valence-electron chi connectivity index (χ3n) is 5.35. The Morgan fingerprint density at radius 3 is 2.93 bits per heavy atom. The maximum absolute atomic E-state index is 12.7. The molecule has 1 saturated heterocycles. The first-order valence-electron chi connectivity index (χ1n) is 9.49. The number of carbonyl (C=O) groups excluding carboxylic acids is 1. The number of fused-ring (bicyclic) bond motifs is 2. The molecular formula is C21H20ClN3O2S. The highest BCUT2D eigenvalue weighted by atomic mass is 35.5. The van der Waals surface area contributed by atoms with Crippen LogP contribution in [0.5, 0.6) is 5.75 Å². The van der Waals surface area contributed by atoms with Gasteiger partial charge in [0, 0.05) is 32.7 Å². The third-order valence-corrected chi connectivity index (χ3v) is 6.79. The van der Waals surface area contributed by atoms with Crippen molar-refractivity contribution in [2.24, 2.45) is 0 Å². The predicted octanol–water partition coefficient (Wildman–Crippen LogP) is 3.60. The zero-order chi connectivity index (χ0) is 19.1. The third kappa shape index (κ3) is 3.42. The van der Waals surface area contributed by atoms with E-state index in [2.05, 4.69) is 27.3 Å². The van der Waals surface area contributed by atoms with Gasteiger partial charge >= 0.3 is 5.97 Å². The summed E-state index contributed by atoms with van der Waals surface area (Å²) in [5, 5.41) is 4.75. The van der Waals surface area contributed by atoms with Crippen molar-refractivity contribution in [3.05, 3.63) is 57.6 Å². The lowest BCUT2D eigenvalue weighted by molar-refractivity contribution is -0.137. The van der Waals surface area contributed by atoms with Crippen LogP contribution in [-0.2, 0) is 17.8 Å². The number of hydrogen-bond acceptors (Lipinski definition) is 6. The van der Waals surface area contributed by atoms with Gasteiger partial charge in [-0.25, -0.2) is 4.98 Å². The lowest BCUT2D eigenvalue weighted by Gasteiger charge is -2.28. The number of nitrogens with one attached hydrogen (secondary N) is 1. The molecule has 1 fully saturated rings. The van der Waals surface area contributed by atoms with E-state index in [4.69, 9.17) is 16.3 Å². The van der Waals surface area contributed by atoms with Crippen LogP contribution >= 0.6 is 22.9 Å². The van der Waals surface area contributed by atoms with E-state index in [1.54, 1.807) is 0 Å². The Morgan fingerprint density at radius 2 is 2.11 bits per heavy atom. The standard InChI is InChI=1S/C21H20ClN3O2S/c22-16-2-1-3-18-19(16)24-20(28-18)15-11-14-5-4-13(10-17(14)27-21(15)26)12-25-8-6-23-7-9-25/h1-5,10,15,23H,6-9,11-12H2. The van der Waals surface area contributed by atoms with Crippen molar-refractivity contribution in [3.8, 4) is 5.75 Å². The second-order valence-electron chi connectivity index (χ2n) is 7.28. The van der Waals surface area contributed by atoms with E-state index in [-0.39, 0.29) is 11.9 Å². The van der Waals surface area contributed by atoms with Crippen LogP contribution in [0.25, 0.3) is 10.2 Å². The van der Waals surface area contributed by atoms with Gasteiger partial charge in [0.1, 0.15) is 22.2 Å². The molecule has 2 aliphatic rings. The van der Waals surface area contributed by atoms with Gasteiger partial charge in [0.2, 0.25) is 0 Å². The van der Waals surface area contributed by atoms with Crippen molar-refractivity contribution >= 4 is 39.1 Å². The van der Waals surface area contributed by atoms with Crippen LogP contribution in [-0.4, -0.2) is 42.0 Å². The predicted molar refractivity (Wildman–Crippen MR) is 111 cm³/mol. The first-order valence-corrected chi connectivity index (χ1v) is 10.7. The number of benzene rings is 2. The van der Waals surface area contributed by atoms with Crippen LogP contribution in [0.3, 0.4) is 0 Å². The Morgan fingerprint density at radius 1 is 1.25 bits per heavy atom. The second-order valence-corrected chi connectivity index (χ2v) is 8.75. The molecule has 1 N–H and O–H groups in total. The van der Waals surface area contributed by atoms with Gasteiger partial charge in [-0.1, -0.05) is 29.8 Å². The fraction of sp³-hybridized carbons (Fsp3) is 0.333. The Kier molecular flexibility index (Phi) is 4.80. The fourth-order valence-corrected chi connectivity index (χ4v) is 5.20. The highest BCUT2D eigenvalue weighted by Crippen LogP contribution is 2.38. The highest BCUT2D eigenvalue weighted by Gasteiger charge is 2.32. The lowest BCUT2D eigenvalue weighted by Crippen LogP contribution is -2.42. The summed E-state index contributed by atoms with van der Waals surface area (Å²) in [7, 11) is 0. The van der Waals surface area contributed by atoms with Crippen molar-refractivity contribution in [2.45, 2.75) is 18.9 Å². The summed E-state index contributed by atoms with van der Waals surface area (Å²) < 4.78 is 6.71. The number of ether oxygens (including phenoxy) is 1. The van der Waals surface area contributed by atoms with E-state index in [1.807, 2.05) is 24.3 Å². The Labute approximate surface area is 172 Å². The van der Waals surface area contributed by atoms with E-state index < -0.39 is 0 Å². The number of para-hydroxylation sites is 1. The summed E-state index contributed by atoms with van der Waals surface area (Å²) in [4.78, 5) is 19.8. The van der Waals surface area contributed by atoms with Crippen LogP contribution in [0.15, 0.2) is 36.4 Å². The van der Waals surface area contributed by atoms with Gasteiger partial charge in [0.15, 0.2) is 0 Å². The van der Waals surface area contributed by atoms with Gasteiger partial charge < -0.3 is 10.1 Å². The SMILES string of the molecule is O=C1Oc2cc(CN3CCNCC3)ccc2CC1c1nc2c(Cl)cccc2s1. The Balaban J connectivity index is 1.39. The molecule has 1 unspecified atom stereocenters. The number of nitrogens with zero attached hydrogens (tertiary/aromatic N) is 2. The molecule has 0 spiro atoms. The van der Waals surface area contributed by atoms with Crippen LogP contribution in [0, 0.1) is 0 Å². The molecule has 0 aliphatic carbocycles. The largest absolute Gasteiger partial charge is 0.426 e. The van der Waals surface area contributed by atoms with Gasteiger partial charge in [0.05, 0.1) is 9.72 Å². The van der Waals surface area contributed by atoms with Crippen molar-refractivity contribution in [1.29, 1.82) is 0 Å². The van der Waals surface area contributed by atoms with Gasteiger partial charge in [-0.2, -0.15) is 0 Å². The normalized spacial score (nSPS) is 20.2. The molecule has 0 amide bonds. The lowest BCUT2D eigenvalue weighted by atomic mass is 9.95. The minimum Gasteiger partial charge on any atom is -0.426 e. The van der Waals surface area contributed by atoms with Crippen LogP contribution in [0.2, 0.25) is 5.02 Å². The van der Waals surface area contributed by atoms with Crippen molar-refractivity contribution in [3.63, 3.8) is 0 Å². The number of aromatic nitrogens is 1. The van der Waals surface area contributed by atoms with Crippen LogP contribution in [0.4, 0.5) is 0 Å². The Hall–Kier alpha value is -1.99. The molecule has 3 heterocycles. The van der Waals surface area contributed by atoms with Crippen LogP contribution in [0.1, 0.15) is 22.1 Å². The molecule has 7 heteroatoms. The molecule has 2 aromatic carbocycles. The van der Waals surface area contributed by atoms with Gasteiger partial charge in [0.25, 0.3) is 0 Å². The van der Waals surface area contributed by atoms with Crippen molar-refractivity contribution in [1.82, 2.24) is 15.2 Å². The minimum absolute atomic E-state index is 0.234. The summed E-state index contributed by atoms with van der Waals surface area (Å²) in [6.07, 6.45) is 0.611. The second kappa shape index (κ2) is 7.44. The van der Waals surface area contributed by atoms with Gasteiger partial charge in [-0.05, 0) is 35.7 Å². The molecule has 144 valence electrons. The molecule has 5 nitrogen and oxygen atoms in total. The monoisotopic (exact) mass is 413 g/mol. The number of carbonyl (C=O) groups is 1. The van der Waals surface area contributed by atoms with E-state index in [0.717, 1.165) is 53.5 Å². The molecule has 2 aliphatic heterocycles. The fourth-order valence-electron chi connectivity index (χ4n) is 3.84. The summed E-state index contributed by atoms with van der Waals surface area (Å²) in [5.74, 6) is 0.0787. The number of halogens is 1. The van der Waals surface area contributed by atoms with E-state index >= 15 is 0 Å².